The molecule has 11 heteroatoms. The fourth-order valence-electron chi connectivity index (χ4n) is 3.63. The van der Waals surface area contributed by atoms with Gasteiger partial charge in [0.05, 0.1) is 11.1 Å². The third-order valence-corrected chi connectivity index (χ3v) is 5.93. The zero-order chi connectivity index (χ0) is 34.2. The SMILES string of the molecule is CC/C=C\C/C=C\C/C=C\C/C=C\C/C=C\C/C=C\CCC(=O)OCC(NC(=O)c1ccc(C(F)(F)F)cc1OC(C)=O)C(=O)O. The molecule has 1 rings (SSSR count). The van der Waals surface area contributed by atoms with Gasteiger partial charge in [-0.1, -0.05) is 79.8 Å². The number of alkyl halides is 3. The number of carbonyl (C=O) groups is 4. The third kappa shape index (κ3) is 18.2. The van der Waals surface area contributed by atoms with Gasteiger partial charge in [-0.05, 0) is 63.1 Å². The minimum atomic E-state index is -4.77. The fourth-order valence-corrected chi connectivity index (χ4v) is 3.63. The van der Waals surface area contributed by atoms with Crippen LogP contribution in [0.4, 0.5) is 13.2 Å². The Hall–Kier alpha value is -4.67. The summed E-state index contributed by atoms with van der Waals surface area (Å²) in [6, 6.07) is 0.108. The smallest absolute Gasteiger partial charge is 0.416 e. The van der Waals surface area contributed by atoms with Gasteiger partial charge < -0.3 is 19.9 Å². The lowest BCUT2D eigenvalue weighted by Gasteiger charge is -2.17. The van der Waals surface area contributed by atoms with Crippen molar-refractivity contribution in [2.24, 2.45) is 0 Å². The summed E-state index contributed by atoms with van der Waals surface area (Å²) in [5.74, 6) is -5.05. The number of carboxylic acids is 1. The van der Waals surface area contributed by atoms with E-state index in [-0.39, 0.29) is 6.42 Å². The number of benzene rings is 1. The molecule has 1 amide bonds. The molecule has 250 valence electrons. The predicted octanol–water partition coefficient (Wildman–Crippen LogP) is 7.83. The highest BCUT2D eigenvalue weighted by Gasteiger charge is 2.33. The van der Waals surface area contributed by atoms with Crippen LogP contribution in [0, 0.1) is 0 Å². The number of nitrogens with one attached hydrogen (secondary N) is 1. The molecule has 0 saturated carbocycles. The summed E-state index contributed by atoms with van der Waals surface area (Å²) in [7, 11) is 0. The van der Waals surface area contributed by atoms with Crippen LogP contribution < -0.4 is 10.1 Å². The van der Waals surface area contributed by atoms with Crippen LogP contribution in [-0.4, -0.2) is 41.6 Å². The van der Waals surface area contributed by atoms with E-state index < -0.39 is 59.5 Å². The van der Waals surface area contributed by atoms with Crippen molar-refractivity contribution >= 4 is 23.8 Å². The Balaban J connectivity index is 2.39. The largest absolute Gasteiger partial charge is 0.480 e. The van der Waals surface area contributed by atoms with Gasteiger partial charge in [0.15, 0.2) is 6.04 Å². The summed E-state index contributed by atoms with van der Waals surface area (Å²) in [6.07, 6.45) is 25.6. The lowest BCUT2D eigenvalue weighted by Crippen LogP contribution is -2.44. The zero-order valence-corrected chi connectivity index (χ0v) is 26.1. The van der Waals surface area contributed by atoms with E-state index in [9.17, 15) is 37.5 Å². The molecule has 1 aromatic carbocycles. The number of carbonyl (C=O) groups excluding carboxylic acids is 3. The van der Waals surface area contributed by atoms with Gasteiger partial charge in [-0.2, -0.15) is 13.2 Å². The van der Waals surface area contributed by atoms with E-state index in [1.807, 2.05) is 18.2 Å². The molecule has 8 nitrogen and oxygen atoms in total. The monoisotopic (exact) mass is 645 g/mol. The van der Waals surface area contributed by atoms with E-state index in [4.69, 9.17) is 9.47 Å². The molecule has 0 spiro atoms. The highest BCUT2D eigenvalue weighted by Crippen LogP contribution is 2.33. The van der Waals surface area contributed by atoms with E-state index in [0.717, 1.165) is 45.1 Å². The molecule has 0 aromatic heterocycles. The minimum Gasteiger partial charge on any atom is -0.480 e. The lowest BCUT2D eigenvalue weighted by atomic mass is 10.1. The molecule has 1 atom stereocenters. The predicted molar refractivity (Wildman–Crippen MR) is 170 cm³/mol. The highest BCUT2D eigenvalue weighted by atomic mass is 19.4. The molecule has 2 N–H and O–H groups in total. The Kier molecular flexibility index (Phi) is 19.5. The van der Waals surface area contributed by atoms with E-state index in [2.05, 4.69) is 60.8 Å². The van der Waals surface area contributed by atoms with E-state index in [1.165, 1.54) is 0 Å². The summed E-state index contributed by atoms with van der Waals surface area (Å²) in [5, 5.41) is 11.5. The number of allylic oxidation sites excluding steroid dienone is 12. The first kappa shape index (κ1) is 39.4. The molecule has 1 aromatic rings. The van der Waals surface area contributed by atoms with Crippen molar-refractivity contribution in [1.82, 2.24) is 5.32 Å². The Morgan fingerprint density at radius 2 is 1.33 bits per heavy atom. The first-order valence-electron chi connectivity index (χ1n) is 14.9. The molecule has 0 radical (unpaired) electrons. The van der Waals surface area contributed by atoms with Crippen LogP contribution in [0.2, 0.25) is 0 Å². The number of esters is 2. The fraction of sp³-hybridized carbons (Fsp3) is 0.371. The summed E-state index contributed by atoms with van der Waals surface area (Å²) >= 11 is 0. The maximum atomic E-state index is 13.0. The van der Waals surface area contributed by atoms with Crippen LogP contribution in [0.3, 0.4) is 0 Å². The highest BCUT2D eigenvalue weighted by molar-refractivity contribution is 5.99. The lowest BCUT2D eigenvalue weighted by molar-refractivity contribution is -0.148. The van der Waals surface area contributed by atoms with Gasteiger partial charge >= 0.3 is 24.1 Å². The number of halogens is 3. The van der Waals surface area contributed by atoms with Gasteiger partial charge in [0, 0.05) is 13.3 Å². The van der Waals surface area contributed by atoms with Crippen molar-refractivity contribution in [2.75, 3.05) is 6.61 Å². The van der Waals surface area contributed by atoms with Gasteiger partial charge in [0.1, 0.15) is 12.4 Å². The summed E-state index contributed by atoms with van der Waals surface area (Å²) in [5.41, 5.74) is -1.67. The van der Waals surface area contributed by atoms with Crippen LogP contribution in [0.25, 0.3) is 0 Å². The number of carboxylic acid groups (broad SMARTS) is 1. The third-order valence-electron chi connectivity index (χ3n) is 5.93. The topological polar surface area (TPSA) is 119 Å². The van der Waals surface area contributed by atoms with Crippen LogP contribution in [0.1, 0.15) is 81.1 Å². The average Bonchev–Trinajstić information content (AvgIpc) is 2.99. The minimum absolute atomic E-state index is 0.0298. The summed E-state index contributed by atoms with van der Waals surface area (Å²) < 4.78 is 48.8. The average molecular weight is 646 g/mol. The molecular formula is C35H42F3NO7. The summed E-state index contributed by atoms with van der Waals surface area (Å²) in [6.45, 7) is 2.33. The molecule has 1 unspecified atom stereocenters. The van der Waals surface area contributed by atoms with Gasteiger partial charge in [0.25, 0.3) is 5.91 Å². The number of amides is 1. The van der Waals surface area contributed by atoms with Crippen LogP contribution >= 0.6 is 0 Å². The number of hydrogen-bond donors (Lipinski definition) is 2. The molecule has 0 bridgehead atoms. The Labute approximate surface area is 268 Å². The van der Waals surface area contributed by atoms with Gasteiger partial charge in [0.2, 0.25) is 0 Å². The van der Waals surface area contributed by atoms with Crippen LogP contribution in [-0.2, 0) is 25.3 Å². The Morgan fingerprint density at radius 3 is 1.78 bits per heavy atom. The number of hydrogen-bond acceptors (Lipinski definition) is 6. The second-order valence-corrected chi connectivity index (χ2v) is 9.80. The van der Waals surface area contributed by atoms with E-state index in [0.29, 0.717) is 25.0 Å². The maximum Gasteiger partial charge on any atom is 0.416 e. The number of aliphatic carboxylic acids is 1. The summed E-state index contributed by atoms with van der Waals surface area (Å²) in [4.78, 5) is 47.6. The van der Waals surface area contributed by atoms with Gasteiger partial charge in [-0.25, -0.2) is 4.79 Å². The van der Waals surface area contributed by atoms with Crippen LogP contribution in [0.15, 0.2) is 91.1 Å². The van der Waals surface area contributed by atoms with E-state index >= 15 is 0 Å². The van der Waals surface area contributed by atoms with Gasteiger partial charge in [-0.15, -0.1) is 0 Å². The second kappa shape index (κ2) is 22.8. The van der Waals surface area contributed by atoms with Crippen molar-refractivity contribution < 1.29 is 46.9 Å². The molecule has 0 heterocycles. The molecule has 0 saturated heterocycles. The van der Waals surface area contributed by atoms with Crippen LogP contribution in [0.5, 0.6) is 5.75 Å². The van der Waals surface area contributed by atoms with Crippen molar-refractivity contribution in [2.45, 2.75) is 77.4 Å². The second-order valence-electron chi connectivity index (χ2n) is 9.80. The molecule has 0 fully saturated rings. The zero-order valence-electron chi connectivity index (χ0n) is 26.1. The van der Waals surface area contributed by atoms with Crippen molar-refractivity contribution in [3.63, 3.8) is 0 Å². The molecule has 0 aliphatic heterocycles. The van der Waals surface area contributed by atoms with Crippen molar-refractivity contribution in [3.8, 4) is 5.75 Å². The molecular weight excluding hydrogens is 603 g/mol. The molecule has 0 aliphatic carbocycles. The maximum absolute atomic E-state index is 13.0. The number of rotatable bonds is 20. The van der Waals surface area contributed by atoms with Crippen molar-refractivity contribution in [1.29, 1.82) is 0 Å². The standard InChI is InChI=1S/C35H42F3NO7/c1-3-4-5-6-7-8-9-10-11-12-13-14-15-16-17-18-19-20-21-22-32(41)45-26-30(34(43)44)39-33(42)29-24-23-28(35(36,37)38)25-31(29)46-27(2)40/h4-5,7-8,10-11,13-14,16-17,19-20,23-25,30H,3,6,9,12,15,18,21-22,26H2,1-2H3,(H,39,42)(H,43,44)/b5-4-,8-7-,11-10-,14-13-,17-16-,20-19-. The molecule has 46 heavy (non-hydrogen) atoms. The Bertz CT molecular complexity index is 1310. The first-order valence-corrected chi connectivity index (χ1v) is 14.9. The van der Waals surface area contributed by atoms with Crippen molar-refractivity contribution in [3.05, 3.63) is 102 Å². The van der Waals surface area contributed by atoms with Gasteiger partial charge in [-0.3, -0.25) is 14.4 Å². The number of ether oxygens (including phenoxy) is 2. The molecule has 0 aliphatic rings. The quantitative estimate of drug-likeness (QED) is 0.0843. The van der Waals surface area contributed by atoms with E-state index in [1.54, 1.807) is 6.08 Å². The Morgan fingerprint density at radius 1 is 0.826 bits per heavy atom. The normalized spacial score (nSPS) is 13.1. The first-order chi connectivity index (χ1) is 22.0.